The molecule has 0 radical (unpaired) electrons. The number of thiol groups is 1. The van der Waals surface area contributed by atoms with Gasteiger partial charge in [0.25, 0.3) is 0 Å². The van der Waals surface area contributed by atoms with Crippen molar-refractivity contribution in [1.29, 1.82) is 0 Å². The number of nitrogens with two attached hydrogens (primary N) is 1. The molecule has 0 bridgehead atoms. The minimum absolute atomic E-state index is 0.163. The first kappa shape index (κ1) is 17.8. The Bertz CT molecular complexity index is 952. The van der Waals surface area contributed by atoms with Crippen molar-refractivity contribution in [3.8, 4) is 0 Å². The predicted molar refractivity (Wildman–Crippen MR) is 108 cm³/mol. The van der Waals surface area contributed by atoms with Crippen LogP contribution in [0.15, 0.2) is 58.3 Å². The first-order valence-electron chi connectivity index (χ1n) is 9.01. The summed E-state index contributed by atoms with van der Waals surface area (Å²) in [5.74, 6) is 0. The van der Waals surface area contributed by atoms with Crippen molar-refractivity contribution in [2.45, 2.75) is 48.3 Å². The van der Waals surface area contributed by atoms with E-state index in [1.165, 1.54) is 42.4 Å². The third-order valence-corrected chi connectivity index (χ3v) is 7.11. The lowest BCUT2D eigenvalue weighted by Gasteiger charge is -2.23. The van der Waals surface area contributed by atoms with Crippen LogP contribution in [0.3, 0.4) is 0 Å². The maximum absolute atomic E-state index is 11.5. The molecular formula is C21H23NO2S2. The lowest BCUT2D eigenvalue weighted by molar-refractivity contribution is 0.330. The van der Waals surface area contributed by atoms with Gasteiger partial charge >= 0.3 is 0 Å². The number of benzene rings is 2. The monoisotopic (exact) mass is 385 g/mol. The Hall–Kier alpha value is -1.56. The third kappa shape index (κ3) is 3.36. The van der Waals surface area contributed by atoms with Gasteiger partial charge in [0.2, 0.25) is 10.0 Å². The molecule has 2 aromatic rings. The molecule has 0 unspecified atom stereocenters. The van der Waals surface area contributed by atoms with Crippen LogP contribution >= 0.6 is 12.6 Å². The SMILES string of the molecule is NS(=O)(=O)c1ccc(C2=C(c3ccc(S)cc3)CC3(CCCC3)C2)cc1. The predicted octanol–water partition coefficient (Wildman–Crippen LogP) is 4.89. The van der Waals surface area contributed by atoms with E-state index in [1.807, 2.05) is 24.3 Å². The largest absolute Gasteiger partial charge is 0.238 e. The Kier molecular flexibility index (Phi) is 4.49. The van der Waals surface area contributed by atoms with Gasteiger partial charge in [-0.2, -0.15) is 0 Å². The van der Waals surface area contributed by atoms with Crippen molar-refractivity contribution in [2.24, 2.45) is 10.6 Å². The van der Waals surface area contributed by atoms with Crippen LogP contribution in [0.4, 0.5) is 0 Å². The fraction of sp³-hybridized carbons (Fsp3) is 0.333. The molecule has 1 fully saturated rings. The van der Waals surface area contributed by atoms with Gasteiger partial charge in [-0.3, -0.25) is 0 Å². The molecule has 2 N–H and O–H groups in total. The Morgan fingerprint density at radius 2 is 1.27 bits per heavy atom. The molecule has 26 heavy (non-hydrogen) atoms. The maximum atomic E-state index is 11.5. The van der Waals surface area contributed by atoms with Crippen molar-refractivity contribution in [1.82, 2.24) is 0 Å². The average molecular weight is 386 g/mol. The molecule has 2 aliphatic carbocycles. The van der Waals surface area contributed by atoms with E-state index in [9.17, 15) is 8.42 Å². The first-order chi connectivity index (χ1) is 12.4. The highest BCUT2D eigenvalue weighted by atomic mass is 32.2. The molecule has 0 amide bonds. The molecule has 2 aromatic carbocycles. The van der Waals surface area contributed by atoms with Crippen LogP contribution < -0.4 is 5.14 Å². The summed E-state index contributed by atoms with van der Waals surface area (Å²) < 4.78 is 23.1. The molecule has 2 aliphatic rings. The molecule has 0 atom stereocenters. The molecule has 3 nitrogen and oxygen atoms in total. The number of primary sulfonamides is 1. The summed E-state index contributed by atoms with van der Waals surface area (Å²) in [5, 5.41) is 5.24. The van der Waals surface area contributed by atoms with Gasteiger partial charge in [0.15, 0.2) is 0 Å². The summed E-state index contributed by atoms with van der Waals surface area (Å²) in [6, 6.07) is 15.4. The van der Waals surface area contributed by atoms with Crippen LogP contribution in [-0.4, -0.2) is 8.42 Å². The summed E-state index contributed by atoms with van der Waals surface area (Å²) in [5.41, 5.74) is 5.47. The lowest BCUT2D eigenvalue weighted by atomic mass is 9.81. The first-order valence-corrected chi connectivity index (χ1v) is 11.0. The van der Waals surface area contributed by atoms with E-state index >= 15 is 0 Å². The van der Waals surface area contributed by atoms with E-state index in [4.69, 9.17) is 5.14 Å². The summed E-state index contributed by atoms with van der Waals surface area (Å²) >= 11 is 4.40. The van der Waals surface area contributed by atoms with Crippen LogP contribution in [-0.2, 0) is 10.0 Å². The average Bonchev–Trinajstić information content (AvgIpc) is 3.22. The zero-order valence-electron chi connectivity index (χ0n) is 14.6. The minimum Gasteiger partial charge on any atom is -0.225 e. The van der Waals surface area contributed by atoms with Crippen molar-refractivity contribution in [3.05, 3.63) is 59.7 Å². The summed E-state index contributed by atoms with van der Waals surface area (Å²) in [4.78, 5) is 1.12. The molecule has 1 spiro atoms. The van der Waals surface area contributed by atoms with Gasteiger partial charge in [-0.15, -0.1) is 12.6 Å². The highest BCUT2D eigenvalue weighted by molar-refractivity contribution is 7.89. The zero-order valence-corrected chi connectivity index (χ0v) is 16.3. The van der Waals surface area contributed by atoms with Gasteiger partial charge < -0.3 is 0 Å². The molecule has 5 heteroatoms. The van der Waals surface area contributed by atoms with Gasteiger partial charge in [-0.05, 0) is 77.6 Å². The van der Waals surface area contributed by atoms with Gasteiger partial charge in [0.1, 0.15) is 0 Å². The van der Waals surface area contributed by atoms with Crippen molar-refractivity contribution in [2.75, 3.05) is 0 Å². The van der Waals surface area contributed by atoms with Gasteiger partial charge in [-0.1, -0.05) is 37.1 Å². The van der Waals surface area contributed by atoms with Crippen molar-refractivity contribution < 1.29 is 8.42 Å². The van der Waals surface area contributed by atoms with Crippen LogP contribution in [0.5, 0.6) is 0 Å². The maximum Gasteiger partial charge on any atom is 0.238 e. The van der Waals surface area contributed by atoms with Gasteiger partial charge in [0, 0.05) is 4.90 Å². The lowest BCUT2D eigenvalue weighted by Crippen LogP contribution is -2.12. The van der Waals surface area contributed by atoms with Gasteiger partial charge in [-0.25, -0.2) is 13.6 Å². The molecule has 0 aromatic heterocycles. The van der Waals surface area contributed by atoms with E-state index in [0.29, 0.717) is 5.41 Å². The van der Waals surface area contributed by atoms with Crippen LogP contribution in [0.25, 0.3) is 11.1 Å². The summed E-state index contributed by atoms with van der Waals surface area (Å²) in [6.07, 6.45) is 7.34. The molecule has 0 saturated heterocycles. The van der Waals surface area contributed by atoms with Crippen molar-refractivity contribution >= 4 is 33.8 Å². The normalized spacial score (nSPS) is 19.5. The molecule has 1 saturated carbocycles. The van der Waals surface area contributed by atoms with Crippen LogP contribution in [0.1, 0.15) is 49.7 Å². The van der Waals surface area contributed by atoms with Crippen LogP contribution in [0, 0.1) is 5.41 Å². The fourth-order valence-electron chi connectivity index (χ4n) is 4.57. The Morgan fingerprint density at radius 1 is 0.808 bits per heavy atom. The second kappa shape index (κ2) is 6.55. The van der Waals surface area contributed by atoms with E-state index in [0.717, 1.165) is 23.3 Å². The number of hydrogen-bond acceptors (Lipinski definition) is 3. The number of rotatable bonds is 3. The molecule has 0 heterocycles. The smallest absolute Gasteiger partial charge is 0.225 e. The standard InChI is InChI=1S/C21H23NO2S2/c22-26(23,24)18-9-5-16(6-10-18)20-14-21(11-1-2-12-21)13-19(20)15-3-7-17(25)8-4-15/h3-10,25H,1-2,11-14H2,(H2,22,23,24). The van der Waals surface area contributed by atoms with Gasteiger partial charge in [0.05, 0.1) is 4.90 Å². The quantitative estimate of drug-likeness (QED) is 0.739. The molecule has 4 rings (SSSR count). The van der Waals surface area contributed by atoms with E-state index in [1.54, 1.807) is 12.1 Å². The van der Waals surface area contributed by atoms with Crippen molar-refractivity contribution in [3.63, 3.8) is 0 Å². The van der Waals surface area contributed by atoms with E-state index in [-0.39, 0.29) is 4.90 Å². The zero-order chi connectivity index (χ0) is 18.4. The Balaban J connectivity index is 1.78. The fourth-order valence-corrected chi connectivity index (χ4v) is 5.23. The molecular weight excluding hydrogens is 362 g/mol. The highest BCUT2D eigenvalue weighted by Gasteiger charge is 2.41. The third-order valence-electron chi connectivity index (χ3n) is 5.88. The van der Waals surface area contributed by atoms with E-state index < -0.39 is 10.0 Å². The van der Waals surface area contributed by atoms with E-state index in [2.05, 4.69) is 24.8 Å². The minimum atomic E-state index is -3.66. The number of sulfonamides is 1. The highest BCUT2D eigenvalue weighted by Crippen LogP contribution is 2.57. The number of hydrogen-bond donors (Lipinski definition) is 2. The number of allylic oxidation sites excluding steroid dienone is 2. The molecule has 136 valence electrons. The second-order valence-electron chi connectivity index (χ2n) is 7.63. The molecule has 0 aliphatic heterocycles. The summed E-state index contributed by atoms with van der Waals surface area (Å²) in [7, 11) is -3.66. The van der Waals surface area contributed by atoms with Crippen LogP contribution in [0.2, 0.25) is 0 Å². The summed E-state index contributed by atoms with van der Waals surface area (Å²) in [6.45, 7) is 0. The Labute approximate surface area is 160 Å². The topological polar surface area (TPSA) is 60.2 Å². The second-order valence-corrected chi connectivity index (χ2v) is 9.71. The Morgan fingerprint density at radius 3 is 1.73 bits per heavy atom.